The number of allylic oxidation sites excluding steroid dienone is 5. The first-order valence-corrected chi connectivity index (χ1v) is 11.9. The lowest BCUT2D eigenvalue weighted by Gasteiger charge is -2.08. The summed E-state index contributed by atoms with van der Waals surface area (Å²) < 4.78 is 2.26. The van der Waals surface area contributed by atoms with E-state index in [1.54, 1.807) is 36.4 Å². The summed E-state index contributed by atoms with van der Waals surface area (Å²) in [6.07, 6.45) is 5.39. The molecule has 0 saturated carbocycles. The van der Waals surface area contributed by atoms with E-state index in [0.717, 1.165) is 22.3 Å². The van der Waals surface area contributed by atoms with Crippen molar-refractivity contribution >= 4 is 39.2 Å². The first-order chi connectivity index (χ1) is 18.2. The molecule has 0 fully saturated rings. The zero-order chi connectivity index (χ0) is 25.4. The predicted molar refractivity (Wildman–Crippen MR) is 147 cm³/mol. The number of para-hydroxylation sites is 2. The van der Waals surface area contributed by atoms with E-state index in [1.807, 2.05) is 30.3 Å². The first-order valence-electron chi connectivity index (χ1n) is 11.9. The molecular weight excluding hydrogens is 454 g/mol. The number of carbonyl (C=O) groups excluding carboxylic acids is 1. The van der Waals surface area contributed by atoms with Crippen molar-refractivity contribution in [1.29, 1.82) is 10.5 Å². The van der Waals surface area contributed by atoms with Crippen LogP contribution in [0.25, 0.3) is 39.1 Å². The SMILES string of the molecule is N#CC(C#N)=C1/C(=C\C=C\c2ccc(-n3c4ccccc4c4ccccc43)cc2)C(=O)c2ccccc21. The van der Waals surface area contributed by atoms with Crippen LogP contribution in [-0.2, 0) is 0 Å². The van der Waals surface area contributed by atoms with E-state index in [9.17, 15) is 15.3 Å². The highest BCUT2D eigenvalue weighted by atomic mass is 16.1. The van der Waals surface area contributed by atoms with Gasteiger partial charge in [0.2, 0.25) is 0 Å². The molecule has 6 rings (SSSR count). The fraction of sp³-hybridized carbons (Fsp3) is 0. The molecule has 172 valence electrons. The molecule has 0 spiro atoms. The second kappa shape index (κ2) is 8.96. The molecule has 1 heterocycles. The van der Waals surface area contributed by atoms with Crippen LogP contribution < -0.4 is 0 Å². The molecule has 5 aromatic rings. The van der Waals surface area contributed by atoms with Gasteiger partial charge in [-0.25, -0.2) is 0 Å². The number of nitrogens with zero attached hydrogens (tertiary/aromatic N) is 3. The molecule has 0 unspecified atom stereocenters. The Morgan fingerprint density at radius 2 is 1.27 bits per heavy atom. The molecule has 4 aromatic carbocycles. The fourth-order valence-corrected chi connectivity index (χ4v) is 5.06. The van der Waals surface area contributed by atoms with Gasteiger partial charge in [0, 0.05) is 33.2 Å². The van der Waals surface area contributed by atoms with Crippen LogP contribution in [0.3, 0.4) is 0 Å². The van der Waals surface area contributed by atoms with Crippen molar-refractivity contribution in [2.75, 3.05) is 0 Å². The molecule has 0 radical (unpaired) electrons. The lowest BCUT2D eigenvalue weighted by atomic mass is 9.99. The van der Waals surface area contributed by atoms with Gasteiger partial charge in [0.05, 0.1) is 11.0 Å². The monoisotopic (exact) mass is 473 g/mol. The number of fused-ring (bicyclic) bond motifs is 4. The van der Waals surface area contributed by atoms with Gasteiger partial charge in [-0.1, -0.05) is 91.0 Å². The summed E-state index contributed by atoms with van der Waals surface area (Å²) >= 11 is 0. The average molecular weight is 474 g/mol. The van der Waals surface area contributed by atoms with Gasteiger partial charge in [0.15, 0.2) is 5.78 Å². The average Bonchev–Trinajstić information content (AvgIpc) is 3.43. The summed E-state index contributed by atoms with van der Waals surface area (Å²) in [6, 6.07) is 36.0. The number of hydrogen-bond acceptors (Lipinski definition) is 3. The highest BCUT2D eigenvalue weighted by Crippen LogP contribution is 2.38. The van der Waals surface area contributed by atoms with E-state index in [0.29, 0.717) is 22.3 Å². The summed E-state index contributed by atoms with van der Waals surface area (Å²) in [5.41, 5.74) is 6.17. The molecule has 37 heavy (non-hydrogen) atoms. The highest BCUT2D eigenvalue weighted by Gasteiger charge is 2.31. The number of aromatic nitrogens is 1. The van der Waals surface area contributed by atoms with Crippen LogP contribution in [0.1, 0.15) is 21.5 Å². The number of Topliss-reactive ketones (excluding diaryl/α,β-unsaturated/α-hetero) is 1. The van der Waals surface area contributed by atoms with E-state index in [2.05, 4.69) is 65.2 Å². The van der Waals surface area contributed by atoms with Crippen molar-refractivity contribution in [2.45, 2.75) is 0 Å². The van der Waals surface area contributed by atoms with Crippen LogP contribution in [0.5, 0.6) is 0 Å². The normalized spacial score (nSPS) is 13.8. The molecule has 1 aliphatic carbocycles. The smallest absolute Gasteiger partial charge is 0.194 e. The van der Waals surface area contributed by atoms with Crippen LogP contribution in [0, 0.1) is 22.7 Å². The molecule has 0 amide bonds. The molecule has 1 aliphatic rings. The quantitative estimate of drug-likeness (QED) is 0.202. The maximum absolute atomic E-state index is 13.0. The summed E-state index contributed by atoms with van der Waals surface area (Å²) in [6.45, 7) is 0. The molecule has 1 aromatic heterocycles. The minimum absolute atomic E-state index is 0.0616. The zero-order valence-corrected chi connectivity index (χ0v) is 19.7. The van der Waals surface area contributed by atoms with Gasteiger partial charge in [0.1, 0.15) is 17.7 Å². The van der Waals surface area contributed by atoms with Gasteiger partial charge in [-0.05, 0) is 35.4 Å². The lowest BCUT2D eigenvalue weighted by molar-refractivity contribution is 0.104. The van der Waals surface area contributed by atoms with Gasteiger partial charge < -0.3 is 4.57 Å². The Labute approximate surface area is 213 Å². The summed E-state index contributed by atoms with van der Waals surface area (Å²) in [5, 5.41) is 21.4. The van der Waals surface area contributed by atoms with Gasteiger partial charge in [-0.3, -0.25) is 4.79 Å². The third-order valence-corrected chi connectivity index (χ3v) is 6.71. The summed E-state index contributed by atoms with van der Waals surface area (Å²) in [4.78, 5) is 13.0. The van der Waals surface area contributed by atoms with Crippen LogP contribution in [-0.4, -0.2) is 10.4 Å². The highest BCUT2D eigenvalue weighted by molar-refractivity contribution is 6.27. The Kier molecular flexibility index (Phi) is 5.34. The number of rotatable bonds is 3. The van der Waals surface area contributed by atoms with Gasteiger partial charge >= 0.3 is 0 Å². The second-order valence-electron chi connectivity index (χ2n) is 8.75. The third kappa shape index (κ3) is 3.57. The minimum atomic E-state index is -0.181. The third-order valence-electron chi connectivity index (χ3n) is 6.71. The van der Waals surface area contributed by atoms with Crippen molar-refractivity contribution in [3.8, 4) is 17.8 Å². The van der Waals surface area contributed by atoms with Crippen molar-refractivity contribution in [1.82, 2.24) is 4.57 Å². The zero-order valence-electron chi connectivity index (χ0n) is 19.7. The van der Waals surface area contributed by atoms with E-state index in [1.165, 1.54) is 10.8 Å². The van der Waals surface area contributed by atoms with Crippen molar-refractivity contribution in [3.05, 3.63) is 137 Å². The predicted octanol–water partition coefficient (Wildman–Crippen LogP) is 7.42. The van der Waals surface area contributed by atoms with Crippen LogP contribution >= 0.6 is 0 Å². The molecule has 4 nitrogen and oxygen atoms in total. The van der Waals surface area contributed by atoms with E-state index >= 15 is 0 Å². The molecule has 0 bridgehead atoms. The number of benzene rings is 4. The molecule has 0 aliphatic heterocycles. The Hall–Kier alpha value is -5.45. The Morgan fingerprint density at radius 3 is 1.89 bits per heavy atom. The number of ketones is 1. The number of carbonyl (C=O) groups is 1. The van der Waals surface area contributed by atoms with Crippen molar-refractivity contribution in [3.63, 3.8) is 0 Å². The topological polar surface area (TPSA) is 69.6 Å². The minimum Gasteiger partial charge on any atom is -0.309 e. The van der Waals surface area contributed by atoms with E-state index in [-0.39, 0.29) is 11.4 Å². The standard InChI is InChI=1S/C33H19N3O/c34-20-23(21-35)32-27-11-1-2-12-28(27)33(37)29(32)13-7-8-22-16-18-24(19-17-22)36-30-14-5-3-9-25(30)26-10-4-6-15-31(26)36/h1-19H/b8-7+,29-13+. The van der Waals surface area contributed by atoms with Crippen molar-refractivity contribution < 1.29 is 4.79 Å². The largest absolute Gasteiger partial charge is 0.309 e. The maximum Gasteiger partial charge on any atom is 0.194 e. The second-order valence-corrected chi connectivity index (χ2v) is 8.75. The molecule has 0 saturated heterocycles. The van der Waals surface area contributed by atoms with E-state index < -0.39 is 0 Å². The molecule has 0 N–H and O–H groups in total. The Morgan fingerprint density at radius 1 is 0.703 bits per heavy atom. The summed E-state index contributed by atoms with van der Waals surface area (Å²) in [7, 11) is 0. The maximum atomic E-state index is 13.0. The summed E-state index contributed by atoms with van der Waals surface area (Å²) in [5.74, 6) is -0.181. The molecular formula is C33H19N3O. The fourth-order valence-electron chi connectivity index (χ4n) is 5.06. The lowest BCUT2D eigenvalue weighted by Crippen LogP contribution is -1.95. The van der Waals surface area contributed by atoms with E-state index in [4.69, 9.17) is 0 Å². The number of nitriles is 2. The first kappa shape index (κ1) is 22.0. The molecule has 4 heteroatoms. The van der Waals surface area contributed by atoms with Crippen molar-refractivity contribution in [2.24, 2.45) is 0 Å². The van der Waals surface area contributed by atoms with Crippen LogP contribution in [0.4, 0.5) is 0 Å². The Balaban J connectivity index is 1.36. The molecule has 0 atom stereocenters. The number of hydrogen-bond donors (Lipinski definition) is 0. The van der Waals surface area contributed by atoms with Crippen LogP contribution in [0.15, 0.2) is 120 Å². The van der Waals surface area contributed by atoms with Crippen LogP contribution in [0.2, 0.25) is 0 Å². The Bertz CT molecular complexity index is 1830. The van der Waals surface area contributed by atoms with Gasteiger partial charge in [0.25, 0.3) is 0 Å². The van der Waals surface area contributed by atoms with Gasteiger partial charge in [-0.15, -0.1) is 0 Å². The van der Waals surface area contributed by atoms with Gasteiger partial charge in [-0.2, -0.15) is 10.5 Å².